The lowest BCUT2D eigenvalue weighted by Crippen LogP contribution is -2.28. The van der Waals surface area contributed by atoms with Crippen molar-refractivity contribution in [2.75, 3.05) is 11.5 Å². The smallest absolute Gasteiger partial charge is 0.270 e. The van der Waals surface area contributed by atoms with E-state index in [4.69, 9.17) is 17.0 Å². The lowest BCUT2D eigenvalue weighted by Gasteiger charge is -2.17. The lowest BCUT2D eigenvalue weighted by atomic mass is 10.1. The van der Waals surface area contributed by atoms with E-state index >= 15 is 0 Å². The van der Waals surface area contributed by atoms with E-state index in [0.29, 0.717) is 25.2 Å². The summed E-state index contributed by atoms with van der Waals surface area (Å²) >= 11 is 8.78. The molecular formula is C20H18INO3S2. The summed E-state index contributed by atoms with van der Waals surface area (Å²) in [5, 5.41) is 10.1. The third kappa shape index (κ3) is 4.14. The number of carbonyl (C=O) groups excluding carboxylic acids is 1. The van der Waals surface area contributed by atoms with Gasteiger partial charge in [-0.3, -0.25) is 9.69 Å². The Balaban J connectivity index is 1.97. The van der Waals surface area contributed by atoms with Crippen molar-refractivity contribution in [3.05, 3.63) is 55.5 Å². The first kappa shape index (κ1) is 20.2. The van der Waals surface area contributed by atoms with Crippen LogP contribution in [0.5, 0.6) is 11.5 Å². The summed E-state index contributed by atoms with van der Waals surface area (Å²) in [6.07, 6.45) is 1.78. The molecule has 4 nitrogen and oxygen atoms in total. The molecule has 0 spiro atoms. The van der Waals surface area contributed by atoms with Crippen LogP contribution in [-0.4, -0.2) is 21.9 Å². The average molecular weight is 511 g/mol. The van der Waals surface area contributed by atoms with Gasteiger partial charge in [-0.05, 0) is 78.8 Å². The largest absolute Gasteiger partial charge is 0.504 e. The second-order valence-corrected chi connectivity index (χ2v) is 8.93. The van der Waals surface area contributed by atoms with Crippen LogP contribution in [0, 0.1) is 17.4 Å². The Kier molecular flexibility index (Phi) is 6.12. The Morgan fingerprint density at radius 3 is 2.70 bits per heavy atom. The Bertz CT molecular complexity index is 972. The van der Waals surface area contributed by atoms with Gasteiger partial charge in [0.1, 0.15) is 0 Å². The number of rotatable bonds is 4. The van der Waals surface area contributed by atoms with Crippen molar-refractivity contribution < 1.29 is 14.6 Å². The number of phenolic OH excluding ortho intramolecular Hbond substituents is 1. The summed E-state index contributed by atoms with van der Waals surface area (Å²) in [7, 11) is 0. The zero-order valence-corrected chi connectivity index (χ0v) is 18.9. The normalized spacial score (nSPS) is 15.7. The van der Waals surface area contributed by atoms with Crippen molar-refractivity contribution in [3.8, 4) is 11.5 Å². The lowest BCUT2D eigenvalue weighted by molar-refractivity contribution is -0.113. The van der Waals surface area contributed by atoms with Crippen LogP contribution >= 0.6 is 46.6 Å². The third-order valence-electron chi connectivity index (χ3n) is 4.04. The van der Waals surface area contributed by atoms with Crippen LogP contribution in [-0.2, 0) is 4.79 Å². The predicted octanol–water partition coefficient (Wildman–Crippen LogP) is 5.42. The van der Waals surface area contributed by atoms with Crippen molar-refractivity contribution >= 4 is 68.6 Å². The maximum absolute atomic E-state index is 13.0. The summed E-state index contributed by atoms with van der Waals surface area (Å²) in [4.78, 5) is 15.1. The second kappa shape index (κ2) is 8.20. The molecular weight excluding hydrogens is 493 g/mol. The summed E-state index contributed by atoms with van der Waals surface area (Å²) in [5.41, 5.74) is 3.73. The molecule has 1 amide bonds. The Hall–Kier alpha value is -1.58. The zero-order valence-electron chi connectivity index (χ0n) is 15.1. The van der Waals surface area contributed by atoms with Gasteiger partial charge in [-0.25, -0.2) is 0 Å². The van der Waals surface area contributed by atoms with Gasteiger partial charge in [-0.2, -0.15) is 0 Å². The van der Waals surface area contributed by atoms with E-state index in [0.717, 1.165) is 22.4 Å². The molecule has 0 saturated carbocycles. The van der Waals surface area contributed by atoms with Gasteiger partial charge in [0.15, 0.2) is 15.8 Å². The van der Waals surface area contributed by atoms with Crippen molar-refractivity contribution in [2.45, 2.75) is 20.8 Å². The number of carbonyl (C=O) groups is 1. The molecule has 2 aromatic carbocycles. The van der Waals surface area contributed by atoms with Crippen LogP contribution in [0.4, 0.5) is 5.69 Å². The van der Waals surface area contributed by atoms with Gasteiger partial charge in [0.25, 0.3) is 5.91 Å². The van der Waals surface area contributed by atoms with Crippen LogP contribution < -0.4 is 9.64 Å². The molecule has 140 valence electrons. The number of hydrogen-bond donors (Lipinski definition) is 1. The van der Waals surface area contributed by atoms with Crippen LogP contribution in [0.15, 0.2) is 35.2 Å². The number of amides is 1. The quantitative estimate of drug-likeness (QED) is 0.338. The van der Waals surface area contributed by atoms with Crippen LogP contribution in [0.2, 0.25) is 0 Å². The Labute approximate surface area is 181 Å². The second-order valence-electron chi connectivity index (χ2n) is 6.09. The van der Waals surface area contributed by atoms with Crippen molar-refractivity contribution in [1.29, 1.82) is 0 Å². The minimum Gasteiger partial charge on any atom is -0.504 e. The summed E-state index contributed by atoms with van der Waals surface area (Å²) in [6, 6.07) is 9.47. The van der Waals surface area contributed by atoms with Gasteiger partial charge in [0, 0.05) is 0 Å². The molecule has 0 radical (unpaired) electrons. The molecule has 1 aliphatic heterocycles. The molecule has 1 N–H and O–H groups in total. The maximum Gasteiger partial charge on any atom is 0.270 e. The molecule has 1 aliphatic rings. The zero-order chi connectivity index (χ0) is 19.7. The summed E-state index contributed by atoms with van der Waals surface area (Å²) in [6.45, 7) is 6.29. The first-order valence-corrected chi connectivity index (χ1v) is 10.6. The summed E-state index contributed by atoms with van der Waals surface area (Å²) < 4.78 is 6.65. The number of hydrogen-bond acceptors (Lipinski definition) is 5. The van der Waals surface area contributed by atoms with E-state index < -0.39 is 0 Å². The molecule has 1 saturated heterocycles. The fourth-order valence-corrected chi connectivity index (χ4v) is 4.74. The predicted molar refractivity (Wildman–Crippen MR) is 124 cm³/mol. The molecule has 0 bridgehead atoms. The third-order valence-corrected chi connectivity index (χ3v) is 6.16. The number of nitrogens with zero attached hydrogens (tertiary/aromatic N) is 1. The molecule has 0 atom stereocenters. The van der Waals surface area contributed by atoms with Crippen LogP contribution in [0.3, 0.4) is 0 Å². The van der Waals surface area contributed by atoms with Gasteiger partial charge in [-0.15, -0.1) is 0 Å². The first-order chi connectivity index (χ1) is 12.8. The van der Waals surface area contributed by atoms with E-state index in [1.165, 1.54) is 11.8 Å². The minimum atomic E-state index is -0.141. The first-order valence-electron chi connectivity index (χ1n) is 8.32. The number of thioether (sulfide) groups is 1. The van der Waals surface area contributed by atoms with Gasteiger partial charge in [0.05, 0.1) is 20.8 Å². The van der Waals surface area contributed by atoms with E-state index in [1.807, 2.05) is 67.6 Å². The van der Waals surface area contributed by atoms with E-state index in [-0.39, 0.29) is 11.7 Å². The molecule has 1 fully saturated rings. The highest BCUT2D eigenvalue weighted by Crippen LogP contribution is 2.39. The number of ether oxygens (including phenoxy) is 1. The molecule has 3 rings (SSSR count). The topological polar surface area (TPSA) is 49.8 Å². The summed E-state index contributed by atoms with van der Waals surface area (Å²) in [5.74, 6) is 0.371. The fourth-order valence-electron chi connectivity index (χ4n) is 2.83. The number of aromatic hydroxyl groups is 1. The highest BCUT2D eigenvalue weighted by molar-refractivity contribution is 14.1. The molecule has 2 aromatic rings. The maximum atomic E-state index is 13.0. The number of aryl methyl sites for hydroxylation is 2. The van der Waals surface area contributed by atoms with Crippen molar-refractivity contribution in [3.63, 3.8) is 0 Å². The Morgan fingerprint density at radius 1 is 1.30 bits per heavy atom. The van der Waals surface area contributed by atoms with Crippen molar-refractivity contribution in [1.82, 2.24) is 0 Å². The molecule has 7 heteroatoms. The number of phenols is 1. The standard InChI is InChI=1S/C20H18INO3S2/c1-4-25-16-9-13(8-14(21)18(16)23)10-17-19(24)22(20(26)27-17)15-6-5-11(2)7-12(15)3/h5-10,23H,4H2,1-3H3/b17-10-. The molecule has 0 aliphatic carbocycles. The number of anilines is 1. The van der Waals surface area contributed by atoms with E-state index in [9.17, 15) is 9.90 Å². The number of benzene rings is 2. The fraction of sp³-hybridized carbons (Fsp3) is 0.200. The molecule has 1 heterocycles. The highest BCUT2D eigenvalue weighted by atomic mass is 127. The molecule has 0 unspecified atom stereocenters. The van der Waals surface area contributed by atoms with Gasteiger partial charge >= 0.3 is 0 Å². The minimum absolute atomic E-state index is 0.109. The molecule has 27 heavy (non-hydrogen) atoms. The molecule has 0 aromatic heterocycles. The SMILES string of the molecule is CCOc1cc(/C=C2\SC(=S)N(c3ccc(C)cc3C)C2=O)cc(I)c1O. The van der Waals surface area contributed by atoms with Crippen LogP contribution in [0.25, 0.3) is 6.08 Å². The average Bonchev–Trinajstić information content (AvgIpc) is 2.87. The van der Waals surface area contributed by atoms with E-state index in [2.05, 4.69) is 0 Å². The van der Waals surface area contributed by atoms with Crippen molar-refractivity contribution in [2.24, 2.45) is 0 Å². The van der Waals surface area contributed by atoms with Gasteiger partial charge in [0.2, 0.25) is 0 Å². The monoisotopic (exact) mass is 511 g/mol. The van der Waals surface area contributed by atoms with E-state index in [1.54, 1.807) is 17.0 Å². The number of halogens is 1. The number of thiocarbonyl (C=S) groups is 1. The Morgan fingerprint density at radius 2 is 2.04 bits per heavy atom. The highest BCUT2D eigenvalue weighted by Gasteiger charge is 2.34. The van der Waals surface area contributed by atoms with Crippen LogP contribution in [0.1, 0.15) is 23.6 Å². The van der Waals surface area contributed by atoms with Gasteiger partial charge < -0.3 is 9.84 Å². The van der Waals surface area contributed by atoms with Gasteiger partial charge in [-0.1, -0.05) is 41.7 Å².